The molecule has 0 spiro atoms. The molecule has 18 heavy (non-hydrogen) atoms. The molecule has 0 aromatic heterocycles. The quantitative estimate of drug-likeness (QED) is 0.824. The summed E-state index contributed by atoms with van der Waals surface area (Å²) in [5, 5.41) is 0. The summed E-state index contributed by atoms with van der Waals surface area (Å²) in [4.78, 5) is -0.610. The van der Waals surface area contributed by atoms with Gasteiger partial charge in [-0.05, 0) is 24.8 Å². The molecule has 3 N–H and O–H groups in total. The van der Waals surface area contributed by atoms with Gasteiger partial charge in [0.2, 0.25) is 10.0 Å². The van der Waals surface area contributed by atoms with Crippen LogP contribution in [0.5, 0.6) is 0 Å². The Kier molecular flexibility index (Phi) is 3.29. The van der Waals surface area contributed by atoms with Crippen LogP contribution in [0.25, 0.3) is 0 Å². The first-order chi connectivity index (χ1) is 8.29. The van der Waals surface area contributed by atoms with Gasteiger partial charge in [-0.15, -0.1) is 0 Å². The molecular formula is C11H14F2N2O2S. The van der Waals surface area contributed by atoms with Crippen LogP contribution in [-0.2, 0) is 10.0 Å². The fourth-order valence-electron chi connectivity index (χ4n) is 2.03. The van der Waals surface area contributed by atoms with Gasteiger partial charge in [-0.2, -0.15) is 0 Å². The molecule has 1 aliphatic carbocycles. The molecule has 0 amide bonds. The van der Waals surface area contributed by atoms with Crippen LogP contribution in [0, 0.1) is 17.6 Å². The van der Waals surface area contributed by atoms with Crippen molar-refractivity contribution in [3.63, 3.8) is 0 Å². The van der Waals surface area contributed by atoms with Gasteiger partial charge in [0.1, 0.15) is 16.5 Å². The molecule has 1 fully saturated rings. The van der Waals surface area contributed by atoms with Crippen molar-refractivity contribution in [2.24, 2.45) is 5.92 Å². The molecule has 4 nitrogen and oxygen atoms in total. The van der Waals surface area contributed by atoms with Crippen LogP contribution in [0.3, 0.4) is 0 Å². The Morgan fingerprint density at radius 2 is 1.89 bits per heavy atom. The number of nitrogen functional groups attached to an aromatic ring is 1. The maximum absolute atomic E-state index is 13.5. The Bertz CT molecular complexity index is 569. The van der Waals surface area contributed by atoms with E-state index in [1.807, 2.05) is 6.92 Å². The lowest BCUT2D eigenvalue weighted by Gasteiger charge is -2.32. The minimum absolute atomic E-state index is 0.185. The van der Waals surface area contributed by atoms with Crippen LogP contribution in [0.1, 0.15) is 19.8 Å². The van der Waals surface area contributed by atoms with Gasteiger partial charge < -0.3 is 5.73 Å². The fourth-order valence-corrected chi connectivity index (χ4v) is 3.39. The summed E-state index contributed by atoms with van der Waals surface area (Å²) in [5.74, 6) is -1.65. The first-order valence-corrected chi connectivity index (χ1v) is 7.05. The number of nitrogens with two attached hydrogens (primary N) is 1. The third-order valence-electron chi connectivity index (χ3n) is 3.04. The highest BCUT2D eigenvalue weighted by Crippen LogP contribution is 2.29. The summed E-state index contributed by atoms with van der Waals surface area (Å²) in [6, 6.07) is 1.10. The average molecular weight is 276 g/mol. The van der Waals surface area contributed by atoms with Gasteiger partial charge in [0, 0.05) is 12.1 Å². The second kappa shape index (κ2) is 4.47. The van der Waals surface area contributed by atoms with E-state index in [1.54, 1.807) is 0 Å². The van der Waals surface area contributed by atoms with E-state index in [2.05, 4.69) is 4.72 Å². The minimum Gasteiger partial charge on any atom is -0.396 e. The Morgan fingerprint density at radius 3 is 2.44 bits per heavy atom. The summed E-state index contributed by atoms with van der Waals surface area (Å²) >= 11 is 0. The number of hydrogen-bond acceptors (Lipinski definition) is 3. The van der Waals surface area contributed by atoms with E-state index in [-0.39, 0.29) is 6.04 Å². The van der Waals surface area contributed by atoms with Crippen LogP contribution in [0.2, 0.25) is 0 Å². The summed E-state index contributed by atoms with van der Waals surface area (Å²) in [6.07, 6.45) is 1.44. The molecule has 0 heterocycles. The van der Waals surface area contributed by atoms with Crippen LogP contribution < -0.4 is 10.5 Å². The molecule has 0 atom stereocenters. The van der Waals surface area contributed by atoms with Crippen molar-refractivity contribution >= 4 is 15.7 Å². The molecule has 0 aliphatic heterocycles. The minimum atomic E-state index is -3.99. The van der Waals surface area contributed by atoms with Crippen molar-refractivity contribution in [1.82, 2.24) is 4.72 Å². The Labute approximate surface area is 104 Å². The molecular weight excluding hydrogens is 262 g/mol. The van der Waals surface area contributed by atoms with Crippen LogP contribution >= 0.6 is 0 Å². The largest absolute Gasteiger partial charge is 0.396 e. The van der Waals surface area contributed by atoms with Crippen LogP contribution in [0.4, 0.5) is 14.5 Å². The predicted octanol–water partition coefficient (Wildman–Crippen LogP) is 1.62. The average Bonchev–Trinajstić information content (AvgIpc) is 2.20. The van der Waals surface area contributed by atoms with E-state index in [9.17, 15) is 17.2 Å². The van der Waals surface area contributed by atoms with E-state index < -0.39 is 32.2 Å². The van der Waals surface area contributed by atoms with Crippen LogP contribution in [-0.4, -0.2) is 14.5 Å². The van der Waals surface area contributed by atoms with Gasteiger partial charge in [0.15, 0.2) is 0 Å². The van der Waals surface area contributed by atoms with E-state index in [4.69, 9.17) is 5.73 Å². The second-order valence-electron chi connectivity index (χ2n) is 4.70. The van der Waals surface area contributed by atoms with Crippen molar-refractivity contribution in [2.45, 2.75) is 30.7 Å². The maximum atomic E-state index is 13.5. The monoisotopic (exact) mass is 276 g/mol. The molecule has 1 aliphatic rings. The van der Waals surface area contributed by atoms with Gasteiger partial charge in [0.25, 0.3) is 0 Å². The third kappa shape index (κ3) is 2.46. The highest BCUT2D eigenvalue weighted by molar-refractivity contribution is 7.89. The molecule has 0 radical (unpaired) electrons. The van der Waals surface area contributed by atoms with E-state index in [1.165, 1.54) is 0 Å². The van der Waals surface area contributed by atoms with Gasteiger partial charge in [-0.1, -0.05) is 6.92 Å². The molecule has 100 valence electrons. The first kappa shape index (κ1) is 13.2. The summed E-state index contributed by atoms with van der Waals surface area (Å²) in [6.45, 7) is 2.00. The van der Waals surface area contributed by atoms with E-state index >= 15 is 0 Å². The summed E-state index contributed by atoms with van der Waals surface area (Å²) in [7, 11) is -3.99. The molecule has 1 saturated carbocycles. The van der Waals surface area contributed by atoms with E-state index in [0.717, 1.165) is 18.9 Å². The van der Waals surface area contributed by atoms with Gasteiger partial charge in [0.05, 0.1) is 5.69 Å². The highest BCUT2D eigenvalue weighted by Gasteiger charge is 2.31. The zero-order chi connectivity index (χ0) is 13.5. The number of halogens is 2. The lowest BCUT2D eigenvalue weighted by molar-refractivity contribution is 0.270. The number of rotatable bonds is 3. The number of sulfonamides is 1. The second-order valence-corrected chi connectivity index (χ2v) is 6.38. The predicted molar refractivity (Wildman–Crippen MR) is 63.3 cm³/mol. The van der Waals surface area contributed by atoms with Crippen molar-refractivity contribution in [3.05, 3.63) is 23.8 Å². The van der Waals surface area contributed by atoms with Crippen molar-refractivity contribution in [2.75, 3.05) is 5.73 Å². The first-order valence-electron chi connectivity index (χ1n) is 5.56. The molecule has 1 aromatic carbocycles. The van der Waals surface area contributed by atoms with Gasteiger partial charge in [-0.3, -0.25) is 0 Å². The number of nitrogens with one attached hydrogen (secondary N) is 1. The number of anilines is 1. The normalized spacial score (nSPS) is 23.7. The van der Waals surface area contributed by atoms with Crippen LogP contribution in [0.15, 0.2) is 17.0 Å². The number of hydrogen-bond donors (Lipinski definition) is 2. The molecule has 7 heteroatoms. The molecule has 2 rings (SSSR count). The topological polar surface area (TPSA) is 72.2 Å². The van der Waals surface area contributed by atoms with Crippen molar-refractivity contribution in [1.29, 1.82) is 0 Å². The number of benzene rings is 1. The van der Waals surface area contributed by atoms with Crippen molar-refractivity contribution < 1.29 is 17.2 Å². The standard InChI is InChI=1S/C11H14F2N2O2S/c1-6-2-7(3-6)15-18(16,17)11-5-10(14)8(12)4-9(11)13/h4-7,15H,2-3,14H2,1H3. The Morgan fingerprint density at radius 1 is 1.28 bits per heavy atom. The molecule has 0 unspecified atom stereocenters. The van der Waals surface area contributed by atoms with E-state index in [0.29, 0.717) is 12.0 Å². The third-order valence-corrected chi connectivity index (χ3v) is 4.57. The highest BCUT2D eigenvalue weighted by atomic mass is 32.2. The van der Waals surface area contributed by atoms with Crippen molar-refractivity contribution in [3.8, 4) is 0 Å². The maximum Gasteiger partial charge on any atom is 0.243 e. The molecule has 1 aromatic rings. The SMILES string of the molecule is CC1CC(NS(=O)(=O)c2cc(N)c(F)cc2F)C1. The zero-order valence-electron chi connectivity index (χ0n) is 9.78. The smallest absolute Gasteiger partial charge is 0.243 e. The zero-order valence-corrected chi connectivity index (χ0v) is 10.6. The lowest BCUT2D eigenvalue weighted by atomic mass is 9.83. The van der Waals surface area contributed by atoms with Gasteiger partial charge in [-0.25, -0.2) is 21.9 Å². The summed E-state index contributed by atoms with van der Waals surface area (Å²) in [5.41, 5.74) is 4.86. The Balaban J connectivity index is 2.27. The van der Waals surface area contributed by atoms with Gasteiger partial charge >= 0.3 is 0 Å². The lowest BCUT2D eigenvalue weighted by Crippen LogP contribution is -2.43. The fraction of sp³-hybridized carbons (Fsp3) is 0.455. The molecule has 0 bridgehead atoms. The Hall–Kier alpha value is -1.21. The summed E-state index contributed by atoms with van der Waals surface area (Å²) < 4.78 is 52.6. The molecule has 0 saturated heterocycles.